The van der Waals surface area contributed by atoms with E-state index in [4.69, 9.17) is 11.6 Å². The Bertz CT molecular complexity index is 433. The van der Waals surface area contributed by atoms with E-state index in [2.05, 4.69) is 29.4 Å². The summed E-state index contributed by atoms with van der Waals surface area (Å²) >= 11 is 6.07. The van der Waals surface area contributed by atoms with Crippen molar-refractivity contribution in [2.75, 3.05) is 26.7 Å². The van der Waals surface area contributed by atoms with Crippen LogP contribution in [0.25, 0.3) is 0 Å². The highest BCUT2D eigenvalue weighted by atomic mass is 35.5. The fraction of sp³-hybridized carbons (Fsp3) is 0.600. The molecule has 0 spiro atoms. The Labute approximate surface area is 114 Å². The molecule has 2 atom stereocenters. The van der Waals surface area contributed by atoms with Gasteiger partial charge >= 0.3 is 0 Å². The van der Waals surface area contributed by atoms with Gasteiger partial charge in [0.05, 0.1) is 0 Å². The van der Waals surface area contributed by atoms with E-state index in [1.54, 1.807) is 0 Å². The molecule has 3 rings (SSSR count). The molecule has 0 saturated carbocycles. The third kappa shape index (κ3) is 2.29. The number of halogens is 1. The molecule has 1 aromatic carbocycles. The number of aryl methyl sites for hydroxylation is 1. The molecule has 2 nitrogen and oxygen atoms in total. The minimum atomic E-state index is 0.638. The monoisotopic (exact) mass is 264 g/mol. The van der Waals surface area contributed by atoms with Crippen LogP contribution >= 0.6 is 11.6 Å². The zero-order valence-electron chi connectivity index (χ0n) is 11.0. The number of hydrogen-bond acceptors (Lipinski definition) is 2. The van der Waals surface area contributed by atoms with E-state index in [1.807, 2.05) is 6.07 Å². The molecule has 2 aliphatic rings. The topological polar surface area (TPSA) is 15.3 Å². The standard InChI is InChI=1S/C15H21ClN2/c1-17-9-11-6-7-18(10-11)15-5-2-12-8-13(16)3-4-14(12)15/h3-4,8,11,15,17H,2,5-7,9-10H2,1H3. The van der Waals surface area contributed by atoms with Crippen LogP contribution in [-0.4, -0.2) is 31.6 Å². The van der Waals surface area contributed by atoms with Crippen molar-refractivity contribution in [3.05, 3.63) is 34.3 Å². The first-order valence-electron chi connectivity index (χ1n) is 6.95. The molecule has 0 bridgehead atoms. The highest BCUT2D eigenvalue weighted by Crippen LogP contribution is 2.39. The summed E-state index contributed by atoms with van der Waals surface area (Å²) in [6, 6.07) is 7.07. The fourth-order valence-electron chi connectivity index (χ4n) is 3.54. The lowest BCUT2D eigenvalue weighted by Gasteiger charge is -2.25. The Morgan fingerprint density at radius 3 is 3.11 bits per heavy atom. The number of fused-ring (bicyclic) bond motifs is 1. The Morgan fingerprint density at radius 2 is 2.28 bits per heavy atom. The van der Waals surface area contributed by atoms with Gasteiger partial charge in [-0.1, -0.05) is 17.7 Å². The zero-order chi connectivity index (χ0) is 12.5. The van der Waals surface area contributed by atoms with Crippen LogP contribution in [0.15, 0.2) is 18.2 Å². The van der Waals surface area contributed by atoms with Crippen LogP contribution < -0.4 is 5.32 Å². The molecule has 2 unspecified atom stereocenters. The third-order valence-corrected chi connectivity index (χ3v) is 4.64. The lowest BCUT2D eigenvalue weighted by molar-refractivity contribution is 0.235. The molecular formula is C15H21ClN2. The van der Waals surface area contributed by atoms with Crippen molar-refractivity contribution in [2.24, 2.45) is 5.92 Å². The van der Waals surface area contributed by atoms with Gasteiger partial charge in [-0.15, -0.1) is 0 Å². The van der Waals surface area contributed by atoms with E-state index in [9.17, 15) is 0 Å². The lowest BCUT2D eigenvalue weighted by atomic mass is 10.1. The van der Waals surface area contributed by atoms with E-state index in [-0.39, 0.29) is 0 Å². The van der Waals surface area contributed by atoms with Crippen molar-refractivity contribution in [2.45, 2.75) is 25.3 Å². The summed E-state index contributed by atoms with van der Waals surface area (Å²) in [5.74, 6) is 0.825. The minimum Gasteiger partial charge on any atom is -0.319 e. The molecule has 1 N–H and O–H groups in total. The van der Waals surface area contributed by atoms with Crippen molar-refractivity contribution in [1.29, 1.82) is 0 Å². The Kier molecular flexibility index (Phi) is 3.60. The molecule has 0 amide bonds. The van der Waals surface area contributed by atoms with Gasteiger partial charge in [0.25, 0.3) is 0 Å². The van der Waals surface area contributed by atoms with Crippen LogP contribution in [-0.2, 0) is 6.42 Å². The van der Waals surface area contributed by atoms with E-state index in [1.165, 1.54) is 43.5 Å². The average Bonchev–Trinajstić information content (AvgIpc) is 2.95. The van der Waals surface area contributed by atoms with Crippen molar-refractivity contribution in [1.82, 2.24) is 10.2 Å². The largest absolute Gasteiger partial charge is 0.319 e. The van der Waals surface area contributed by atoms with E-state index < -0.39 is 0 Å². The maximum Gasteiger partial charge on any atom is 0.0408 e. The lowest BCUT2D eigenvalue weighted by Crippen LogP contribution is -2.27. The predicted molar refractivity (Wildman–Crippen MR) is 76.1 cm³/mol. The molecule has 1 saturated heterocycles. The molecular weight excluding hydrogens is 244 g/mol. The second kappa shape index (κ2) is 5.20. The predicted octanol–water partition coefficient (Wildman–Crippen LogP) is 2.87. The first-order valence-corrected chi connectivity index (χ1v) is 7.32. The van der Waals surface area contributed by atoms with Gasteiger partial charge in [-0.25, -0.2) is 0 Å². The smallest absolute Gasteiger partial charge is 0.0408 e. The van der Waals surface area contributed by atoms with Gasteiger partial charge in [-0.3, -0.25) is 4.90 Å². The fourth-order valence-corrected chi connectivity index (χ4v) is 3.74. The number of benzene rings is 1. The molecule has 98 valence electrons. The molecule has 0 aromatic heterocycles. The van der Waals surface area contributed by atoms with Crippen LogP contribution in [0.4, 0.5) is 0 Å². The van der Waals surface area contributed by atoms with Gasteiger partial charge in [-0.05, 0) is 68.6 Å². The highest BCUT2D eigenvalue weighted by molar-refractivity contribution is 6.30. The van der Waals surface area contributed by atoms with Gasteiger partial charge in [-0.2, -0.15) is 0 Å². The van der Waals surface area contributed by atoms with E-state index in [0.717, 1.165) is 17.5 Å². The molecule has 18 heavy (non-hydrogen) atoms. The summed E-state index contributed by atoms with van der Waals surface area (Å²) in [5.41, 5.74) is 2.98. The van der Waals surface area contributed by atoms with Gasteiger partial charge < -0.3 is 5.32 Å². The van der Waals surface area contributed by atoms with E-state index >= 15 is 0 Å². The van der Waals surface area contributed by atoms with Gasteiger partial charge in [0.1, 0.15) is 0 Å². The molecule has 1 heterocycles. The normalized spacial score (nSPS) is 27.7. The van der Waals surface area contributed by atoms with Crippen LogP contribution in [0.5, 0.6) is 0 Å². The molecule has 1 aromatic rings. The molecule has 1 fully saturated rings. The Balaban J connectivity index is 1.73. The van der Waals surface area contributed by atoms with Gasteiger partial charge in [0.15, 0.2) is 0 Å². The zero-order valence-corrected chi connectivity index (χ0v) is 11.7. The van der Waals surface area contributed by atoms with Gasteiger partial charge in [0, 0.05) is 17.6 Å². The minimum absolute atomic E-state index is 0.638. The van der Waals surface area contributed by atoms with Crippen LogP contribution in [0, 0.1) is 5.92 Å². The van der Waals surface area contributed by atoms with Crippen molar-refractivity contribution in [3.63, 3.8) is 0 Å². The second-order valence-corrected chi connectivity index (χ2v) is 6.04. The first-order chi connectivity index (χ1) is 8.78. The molecule has 0 radical (unpaired) electrons. The SMILES string of the molecule is CNCC1CCN(C2CCc3cc(Cl)ccc32)C1. The maximum absolute atomic E-state index is 6.07. The first kappa shape index (κ1) is 12.5. The molecule has 3 heteroatoms. The summed E-state index contributed by atoms with van der Waals surface area (Å²) in [6.45, 7) is 3.64. The summed E-state index contributed by atoms with van der Waals surface area (Å²) < 4.78 is 0. The van der Waals surface area contributed by atoms with E-state index in [0.29, 0.717) is 6.04 Å². The summed E-state index contributed by atoms with van der Waals surface area (Å²) in [5, 5.41) is 4.18. The maximum atomic E-state index is 6.07. The number of rotatable bonds is 3. The summed E-state index contributed by atoms with van der Waals surface area (Å²) in [4.78, 5) is 2.67. The summed E-state index contributed by atoms with van der Waals surface area (Å²) in [6.07, 6.45) is 3.79. The highest BCUT2D eigenvalue weighted by Gasteiger charge is 2.32. The number of nitrogens with one attached hydrogen (secondary N) is 1. The third-order valence-electron chi connectivity index (χ3n) is 4.40. The second-order valence-electron chi connectivity index (χ2n) is 5.60. The number of nitrogens with zero attached hydrogens (tertiary/aromatic N) is 1. The molecule has 1 aliphatic carbocycles. The number of hydrogen-bond donors (Lipinski definition) is 1. The summed E-state index contributed by atoms with van der Waals surface area (Å²) in [7, 11) is 2.05. The quantitative estimate of drug-likeness (QED) is 0.903. The van der Waals surface area contributed by atoms with Crippen molar-refractivity contribution < 1.29 is 0 Å². The number of likely N-dealkylation sites (tertiary alicyclic amines) is 1. The molecule has 1 aliphatic heterocycles. The van der Waals surface area contributed by atoms with Crippen molar-refractivity contribution in [3.8, 4) is 0 Å². The van der Waals surface area contributed by atoms with Crippen LogP contribution in [0.2, 0.25) is 5.02 Å². The Hall–Kier alpha value is -0.570. The Morgan fingerprint density at radius 1 is 1.39 bits per heavy atom. The average molecular weight is 265 g/mol. The van der Waals surface area contributed by atoms with Crippen molar-refractivity contribution >= 4 is 11.6 Å². The van der Waals surface area contributed by atoms with Crippen LogP contribution in [0.3, 0.4) is 0 Å². The van der Waals surface area contributed by atoms with Gasteiger partial charge in [0.2, 0.25) is 0 Å². The van der Waals surface area contributed by atoms with Crippen LogP contribution in [0.1, 0.15) is 30.0 Å².